The Labute approximate surface area is 162 Å². The van der Waals surface area contributed by atoms with Gasteiger partial charge in [0.1, 0.15) is 19.0 Å². The number of fused-ring (bicyclic) bond motifs is 1. The van der Waals surface area contributed by atoms with Gasteiger partial charge in [0, 0.05) is 13.1 Å². The SMILES string of the molecule is CNc1oc(-c2ccccc2OC)nc1S(=O)(=O)c1ccc2c(c1)OCCO2. The molecule has 1 aromatic heterocycles. The van der Waals surface area contributed by atoms with Crippen LogP contribution in [0.3, 0.4) is 0 Å². The zero-order valence-electron chi connectivity index (χ0n) is 15.3. The fraction of sp³-hybridized carbons (Fsp3) is 0.211. The van der Waals surface area contributed by atoms with Crippen LogP contribution in [0.1, 0.15) is 0 Å². The van der Waals surface area contributed by atoms with E-state index in [-0.39, 0.29) is 21.7 Å². The standard InChI is InChI=1S/C19H18N2O6S/c1-20-18-19(21-17(27-18)13-5-3-4-6-14(13)24-2)28(22,23)12-7-8-15-16(11-12)26-10-9-25-15/h3-8,11,20H,9-10H2,1-2H3. The van der Waals surface area contributed by atoms with E-state index in [1.54, 1.807) is 37.4 Å². The van der Waals surface area contributed by atoms with Crippen LogP contribution in [0.25, 0.3) is 11.5 Å². The van der Waals surface area contributed by atoms with E-state index in [1.807, 2.05) is 0 Å². The minimum Gasteiger partial charge on any atom is -0.496 e. The minimum atomic E-state index is -3.97. The highest BCUT2D eigenvalue weighted by Crippen LogP contribution is 2.38. The Morgan fingerprint density at radius 1 is 1.07 bits per heavy atom. The summed E-state index contributed by atoms with van der Waals surface area (Å²) >= 11 is 0. The average molecular weight is 402 g/mol. The summed E-state index contributed by atoms with van der Waals surface area (Å²) in [4.78, 5) is 4.29. The van der Waals surface area contributed by atoms with E-state index >= 15 is 0 Å². The molecule has 0 radical (unpaired) electrons. The van der Waals surface area contributed by atoms with E-state index in [1.165, 1.54) is 19.2 Å². The lowest BCUT2D eigenvalue weighted by atomic mass is 10.2. The van der Waals surface area contributed by atoms with Gasteiger partial charge in [-0.3, -0.25) is 0 Å². The van der Waals surface area contributed by atoms with E-state index in [0.717, 1.165) is 0 Å². The van der Waals surface area contributed by atoms with Crippen LogP contribution in [0.2, 0.25) is 0 Å². The average Bonchev–Trinajstić information content (AvgIpc) is 3.18. The Hall–Kier alpha value is -3.20. The summed E-state index contributed by atoms with van der Waals surface area (Å²) in [5.74, 6) is 1.59. The first-order chi connectivity index (χ1) is 13.5. The third kappa shape index (κ3) is 3.03. The summed E-state index contributed by atoms with van der Waals surface area (Å²) < 4.78 is 48.3. The summed E-state index contributed by atoms with van der Waals surface area (Å²) in [5, 5.41) is 2.54. The lowest BCUT2D eigenvalue weighted by molar-refractivity contribution is 0.171. The van der Waals surface area contributed by atoms with Crippen LogP contribution in [-0.2, 0) is 9.84 Å². The van der Waals surface area contributed by atoms with Gasteiger partial charge < -0.3 is 23.9 Å². The number of hydrogen-bond donors (Lipinski definition) is 1. The molecule has 0 atom stereocenters. The maximum atomic E-state index is 13.2. The Morgan fingerprint density at radius 2 is 1.82 bits per heavy atom. The number of methoxy groups -OCH3 is 1. The van der Waals surface area contributed by atoms with Crippen molar-refractivity contribution < 1.29 is 27.0 Å². The van der Waals surface area contributed by atoms with Crippen LogP contribution in [-0.4, -0.2) is 40.8 Å². The molecule has 2 heterocycles. The van der Waals surface area contributed by atoms with Crippen molar-refractivity contribution in [3.05, 3.63) is 42.5 Å². The molecule has 3 aromatic rings. The van der Waals surface area contributed by atoms with Crippen LogP contribution >= 0.6 is 0 Å². The molecule has 0 spiro atoms. The second kappa shape index (κ2) is 7.08. The van der Waals surface area contributed by atoms with Crippen molar-refractivity contribution in [3.63, 3.8) is 0 Å². The molecule has 1 aliphatic heterocycles. The Morgan fingerprint density at radius 3 is 2.57 bits per heavy atom. The van der Waals surface area contributed by atoms with Crippen molar-refractivity contribution >= 4 is 15.7 Å². The van der Waals surface area contributed by atoms with E-state index in [0.29, 0.717) is 36.0 Å². The molecule has 0 saturated heterocycles. The van der Waals surface area contributed by atoms with E-state index in [2.05, 4.69) is 10.3 Å². The smallest absolute Gasteiger partial charge is 0.233 e. The Kier molecular flexibility index (Phi) is 4.60. The third-order valence-corrected chi connectivity index (χ3v) is 5.90. The van der Waals surface area contributed by atoms with E-state index in [9.17, 15) is 8.42 Å². The van der Waals surface area contributed by atoms with Crippen molar-refractivity contribution in [2.24, 2.45) is 0 Å². The molecule has 0 amide bonds. The molecule has 1 N–H and O–H groups in total. The highest BCUT2D eigenvalue weighted by molar-refractivity contribution is 7.91. The number of rotatable bonds is 5. The van der Waals surface area contributed by atoms with E-state index < -0.39 is 9.84 Å². The number of anilines is 1. The van der Waals surface area contributed by atoms with Crippen LogP contribution < -0.4 is 19.5 Å². The maximum absolute atomic E-state index is 13.2. The van der Waals surface area contributed by atoms with Gasteiger partial charge in [0.15, 0.2) is 11.5 Å². The van der Waals surface area contributed by atoms with Gasteiger partial charge in [0.2, 0.25) is 26.6 Å². The summed E-state index contributed by atoms with van der Waals surface area (Å²) in [6.45, 7) is 0.786. The quantitative estimate of drug-likeness (QED) is 0.695. The monoisotopic (exact) mass is 402 g/mol. The fourth-order valence-electron chi connectivity index (χ4n) is 2.89. The molecule has 8 nitrogen and oxygen atoms in total. The molecule has 0 fully saturated rings. The van der Waals surface area contributed by atoms with Crippen molar-refractivity contribution in [1.82, 2.24) is 4.98 Å². The van der Waals surface area contributed by atoms with Crippen molar-refractivity contribution in [3.8, 4) is 28.7 Å². The summed E-state index contributed by atoms with van der Waals surface area (Å²) in [5.41, 5.74) is 0.546. The van der Waals surface area contributed by atoms with Gasteiger partial charge in [-0.2, -0.15) is 4.98 Å². The molecule has 0 bridgehead atoms. The number of hydrogen-bond acceptors (Lipinski definition) is 8. The largest absolute Gasteiger partial charge is 0.496 e. The molecule has 9 heteroatoms. The topological polar surface area (TPSA) is 99.9 Å². The first kappa shape index (κ1) is 18.2. The van der Waals surface area contributed by atoms with Crippen LogP contribution in [0, 0.1) is 0 Å². The molecule has 2 aromatic carbocycles. The number of benzene rings is 2. The van der Waals surface area contributed by atoms with Gasteiger partial charge in [-0.25, -0.2) is 8.42 Å². The lowest BCUT2D eigenvalue weighted by Gasteiger charge is -2.18. The van der Waals surface area contributed by atoms with Gasteiger partial charge >= 0.3 is 0 Å². The Bertz CT molecular complexity index is 1120. The number of aromatic nitrogens is 1. The van der Waals surface area contributed by atoms with Crippen molar-refractivity contribution in [2.45, 2.75) is 9.92 Å². The molecule has 146 valence electrons. The molecule has 4 rings (SSSR count). The first-order valence-corrected chi connectivity index (χ1v) is 9.99. The van der Waals surface area contributed by atoms with Gasteiger partial charge in [-0.1, -0.05) is 12.1 Å². The number of sulfone groups is 1. The zero-order valence-corrected chi connectivity index (χ0v) is 16.1. The normalized spacial score (nSPS) is 13.2. The number of para-hydroxylation sites is 1. The lowest BCUT2D eigenvalue weighted by Crippen LogP contribution is -2.16. The van der Waals surface area contributed by atoms with E-state index in [4.69, 9.17) is 18.6 Å². The maximum Gasteiger partial charge on any atom is 0.233 e. The van der Waals surface area contributed by atoms with Crippen LogP contribution in [0.4, 0.5) is 5.88 Å². The Balaban J connectivity index is 1.81. The highest BCUT2D eigenvalue weighted by atomic mass is 32.2. The van der Waals surface area contributed by atoms with Crippen LogP contribution in [0.5, 0.6) is 17.2 Å². The van der Waals surface area contributed by atoms with Gasteiger partial charge in [-0.05, 0) is 24.3 Å². The minimum absolute atomic E-state index is 0.0353. The molecule has 0 aliphatic carbocycles. The zero-order chi connectivity index (χ0) is 19.7. The van der Waals surface area contributed by atoms with Gasteiger partial charge in [0.25, 0.3) is 0 Å². The van der Waals surface area contributed by atoms with Gasteiger partial charge in [0.05, 0.1) is 17.6 Å². The summed E-state index contributed by atoms with van der Waals surface area (Å²) in [6.07, 6.45) is 0. The summed E-state index contributed by atoms with van der Waals surface area (Å²) in [6, 6.07) is 11.5. The first-order valence-electron chi connectivity index (χ1n) is 8.51. The molecule has 28 heavy (non-hydrogen) atoms. The van der Waals surface area contributed by atoms with Crippen molar-refractivity contribution in [2.75, 3.05) is 32.7 Å². The molecule has 0 unspecified atom stereocenters. The molecular weight excluding hydrogens is 384 g/mol. The van der Waals surface area contributed by atoms with Crippen molar-refractivity contribution in [1.29, 1.82) is 0 Å². The predicted octanol–water partition coefficient (Wildman–Crippen LogP) is 3.00. The molecule has 1 aliphatic rings. The third-order valence-electron chi connectivity index (χ3n) is 4.24. The highest BCUT2D eigenvalue weighted by Gasteiger charge is 2.30. The second-order valence-corrected chi connectivity index (χ2v) is 7.78. The number of nitrogens with one attached hydrogen (secondary N) is 1. The number of oxazole rings is 1. The second-order valence-electron chi connectivity index (χ2n) is 5.91. The predicted molar refractivity (Wildman–Crippen MR) is 101 cm³/mol. The van der Waals surface area contributed by atoms with Crippen LogP contribution in [0.15, 0.2) is 56.8 Å². The molecular formula is C19H18N2O6S. The van der Waals surface area contributed by atoms with Gasteiger partial charge in [-0.15, -0.1) is 0 Å². The number of nitrogens with zero attached hydrogens (tertiary/aromatic N) is 1. The summed E-state index contributed by atoms with van der Waals surface area (Å²) in [7, 11) is -0.879. The number of ether oxygens (including phenoxy) is 3. The molecule has 0 saturated carbocycles. The fourth-order valence-corrected chi connectivity index (χ4v) is 4.21.